The van der Waals surface area contributed by atoms with Gasteiger partial charge in [0.25, 0.3) is 0 Å². The Hall–Kier alpha value is -2.20. The smallest absolute Gasteiger partial charge is 0.157 e. The first-order chi connectivity index (χ1) is 13.2. The Balaban J connectivity index is 0.00000171. The molecule has 2 N–H and O–H groups in total. The van der Waals surface area contributed by atoms with Crippen molar-refractivity contribution in [2.75, 3.05) is 13.1 Å². The zero-order chi connectivity index (χ0) is 18.0. The van der Waals surface area contributed by atoms with E-state index < -0.39 is 0 Å². The molecule has 6 rings (SSSR count). The van der Waals surface area contributed by atoms with Crippen molar-refractivity contribution in [1.82, 2.24) is 9.88 Å². The number of nitrogens with two attached hydrogens (primary N) is 1. The molecule has 0 radical (unpaired) electrons. The fraction of sp³-hybridized carbons (Fsp3) is 0.500. The normalized spacial score (nSPS) is 24.5. The number of likely N-dealkylation sites (tertiary alicyclic amines) is 1. The van der Waals surface area contributed by atoms with Gasteiger partial charge in [0, 0.05) is 37.3 Å². The summed E-state index contributed by atoms with van der Waals surface area (Å²) in [4.78, 5) is 12.0. The van der Waals surface area contributed by atoms with Crippen LogP contribution in [0.5, 0.6) is 0 Å². The molecule has 1 spiro atoms. The average molecular weight is 375 g/mol. The molecule has 1 atom stereocenters. The zero-order valence-corrected chi connectivity index (χ0v) is 15.7. The minimum atomic E-state index is 0. The fourth-order valence-corrected chi connectivity index (χ4v) is 5.42. The molecule has 0 unspecified atom stereocenters. The standard InChI is InChI=1S/C23H26N4.CH4/c24-21-19-4-2-1-3-16(19)13-23(21)7-9-27(10-8-23)20-12-17-11-18(15-5-6-15)14-25-22(17)26-20;/h1-4,11,14-15,21H,5-10,12-13,24H2;1H4/t21-;/m1./s1. The molecule has 146 valence electrons. The number of nitrogens with zero attached hydrogens (tertiary/aromatic N) is 3. The van der Waals surface area contributed by atoms with Crippen LogP contribution in [0.3, 0.4) is 0 Å². The molecule has 0 amide bonds. The van der Waals surface area contributed by atoms with Gasteiger partial charge in [0.05, 0.1) is 0 Å². The average Bonchev–Trinajstić information content (AvgIpc) is 3.41. The largest absolute Gasteiger partial charge is 0.360 e. The van der Waals surface area contributed by atoms with Crippen LogP contribution in [0.1, 0.15) is 67.3 Å². The number of pyridine rings is 1. The highest BCUT2D eigenvalue weighted by molar-refractivity contribution is 5.91. The second-order valence-electron chi connectivity index (χ2n) is 8.93. The number of piperidine rings is 1. The summed E-state index contributed by atoms with van der Waals surface area (Å²) in [5.74, 6) is 2.91. The summed E-state index contributed by atoms with van der Waals surface area (Å²) >= 11 is 0. The number of aromatic nitrogens is 1. The van der Waals surface area contributed by atoms with E-state index in [1.54, 1.807) is 0 Å². The van der Waals surface area contributed by atoms with Crippen LogP contribution in [0.4, 0.5) is 5.82 Å². The van der Waals surface area contributed by atoms with Gasteiger partial charge in [0.15, 0.2) is 5.82 Å². The Labute approximate surface area is 167 Å². The fourth-order valence-electron chi connectivity index (χ4n) is 5.42. The molecule has 1 saturated heterocycles. The molecule has 1 aromatic carbocycles. The van der Waals surface area contributed by atoms with E-state index in [9.17, 15) is 0 Å². The maximum atomic E-state index is 6.72. The third kappa shape index (κ3) is 2.69. The van der Waals surface area contributed by atoms with E-state index in [0.717, 1.165) is 50.5 Å². The number of rotatable bonds is 1. The van der Waals surface area contributed by atoms with E-state index in [1.165, 1.54) is 40.9 Å². The van der Waals surface area contributed by atoms with E-state index in [1.807, 2.05) is 6.20 Å². The predicted molar refractivity (Wildman–Crippen MR) is 114 cm³/mol. The Morgan fingerprint density at radius 3 is 2.61 bits per heavy atom. The van der Waals surface area contributed by atoms with E-state index in [4.69, 9.17) is 10.7 Å². The highest BCUT2D eigenvalue weighted by atomic mass is 15.2. The molecule has 28 heavy (non-hydrogen) atoms. The number of fused-ring (bicyclic) bond motifs is 2. The van der Waals surface area contributed by atoms with Gasteiger partial charge in [0.1, 0.15) is 5.84 Å². The van der Waals surface area contributed by atoms with Crippen molar-refractivity contribution in [3.8, 4) is 0 Å². The summed E-state index contributed by atoms with van der Waals surface area (Å²) in [5.41, 5.74) is 12.5. The molecule has 1 saturated carbocycles. The first-order valence-electron chi connectivity index (χ1n) is 10.4. The summed E-state index contributed by atoms with van der Waals surface area (Å²) in [6.45, 7) is 2.12. The molecule has 1 aromatic heterocycles. The lowest BCUT2D eigenvalue weighted by molar-refractivity contribution is 0.127. The summed E-state index contributed by atoms with van der Waals surface area (Å²) in [6, 6.07) is 11.3. The molecule has 4 nitrogen and oxygen atoms in total. The summed E-state index contributed by atoms with van der Waals surface area (Å²) in [6.07, 6.45) is 9.08. The summed E-state index contributed by atoms with van der Waals surface area (Å²) < 4.78 is 0. The molecule has 2 aromatic rings. The van der Waals surface area contributed by atoms with Gasteiger partial charge in [-0.1, -0.05) is 31.7 Å². The molecule has 2 aliphatic carbocycles. The Morgan fingerprint density at radius 2 is 1.86 bits per heavy atom. The van der Waals surface area contributed by atoms with Crippen LogP contribution in [0.2, 0.25) is 0 Å². The quantitative estimate of drug-likeness (QED) is 0.798. The molecule has 4 aliphatic rings. The highest BCUT2D eigenvalue weighted by Crippen LogP contribution is 2.51. The molecule has 3 heterocycles. The van der Waals surface area contributed by atoms with E-state index in [-0.39, 0.29) is 18.9 Å². The molecule has 2 aliphatic heterocycles. The van der Waals surface area contributed by atoms with Crippen molar-refractivity contribution in [2.24, 2.45) is 16.1 Å². The third-order valence-electron chi connectivity index (χ3n) is 7.31. The molecule has 0 bridgehead atoms. The van der Waals surface area contributed by atoms with Crippen molar-refractivity contribution < 1.29 is 0 Å². The van der Waals surface area contributed by atoms with Crippen molar-refractivity contribution in [3.63, 3.8) is 0 Å². The number of hydrogen-bond donors (Lipinski definition) is 1. The molecule has 4 heteroatoms. The van der Waals surface area contributed by atoms with Gasteiger partial charge in [-0.05, 0) is 66.2 Å². The van der Waals surface area contributed by atoms with Crippen molar-refractivity contribution in [3.05, 3.63) is 58.8 Å². The van der Waals surface area contributed by atoms with Gasteiger partial charge in [-0.2, -0.15) is 0 Å². The van der Waals surface area contributed by atoms with Gasteiger partial charge < -0.3 is 10.6 Å². The minimum absolute atomic E-state index is 0. The third-order valence-corrected chi connectivity index (χ3v) is 7.31. The number of amidine groups is 1. The Kier molecular flexibility index (Phi) is 4.09. The lowest BCUT2D eigenvalue weighted by Gasteiger charge is -2.43. The van der Waals surface area contributed by atoms with Crippen molar-refractivity contribution >= 4 is 11.7 Å². The minimum Gasteiger partial charge on any atom is -0.360 e. The molecule has 2 fully saturated rings. The van der Waals surface area contributed by atoms with Crippen LogP contribution < -0.4 is 5.73 Å². The SMILES string of the molecule is C.N[C@@H]1c2ccccc2CC12CCN(C1=Nc3ncc(C4CC4)cc3C1)CC2. The second-order valence-corrected chi connectivity index (χ2v) is 8.93. The monoisotopic (exact) mass is 374 g/mol. The second kappa shape index (κ2) is 6.41. The maximum Gasteiger partial charge on any atom is 0.157 e. The first-order valence-corrected chi connectivity index (χ1v) is 10.4. The zero-order valence-electron chi connectivity index (χ0n) is 15.7. The van der Waals surface area contributed by atoms with Gasteiger partial charge in [-0.25, -0.2) is 9.98 Å². The van der Waals surface area contributed by atoms with Crippen LogP contribution >= 0.6 is 0 Å². The van der Waals surface area contributed by atoms with Crippen LogP contribution in [-0.4, -0.2) is 28.8 Å². The Morgan fingerprint density at radius 1 is 1.07 bits per heavy atom. The lowest BCUT2D eigenvalue weighted by atomic mass is 9.73. The number of hydrogen-bond acceptors (Lipinski definition) is 4. The van der Waals surface area contributed by atoms with Crippen LogP contribution in [0.15, 0.2) is 41.5 Å². The van der Waals surface area contributed by atoms with Gasteiger partial charge in [-0.3, -0.25) is 0 Å². The predicted octanol–water partition coefficient (Wildman–Crippen LogP) is 4.52. The lowest BCUT2D eigenvalue weighted by Crippen LogP contribution is -2.46. The van der Waals surface area contributed by atoms with E-state index in [0.29, 0.717) is 0 Å². The van der Waals surface area contributed by atoms with Crippen LogP contribution in [0.25, 0.3) is 0 Å². The Bertz CT molecular complexity index is 935. The van der Waals surface area contributed by atoms with E-state index >= 15 is 0 Å². The maximum absolute atomic E-state index is 6.72. The first kappa shape index (κ1) is 17.9. The van der Waals surface area contributed by atoms with Crippen LogP contribution in [0, 0.1) is 5.41 Å². The highest BCUT2D eigenvalue weighted by Gasteiger charge is 2.46. The number of benzene rings is 1. The van der Waals surface area contributed by atoms with Gasteiger partial charge in [0.2, 0.25) is 0 Å². The van der Waals surface area contributed by atoms with Gasteiger partial charge in [-0.15, -0.1) is 0 Å². The summed E-state index contributed by atoms with van der Waals surface area (Å²) in [7, 11) is 0. The topological polar surface area (TPSA) is 54.5 Å². The molecular weight excluding hydrogens is 344 g/mol. The van der Waals surface area contributed by atoms with Crippen molar-refractivity contribution in [1.29, 1.82) is 0 Å². The van der Waals surface area contributed by atoms with E-state index in [2.05, 4.69) is 40.2 Å². The summed E-state index contributed by atoms with van der Waals surface area (Å²) in [5, 5.41) is 0. The van der Waals surface area contributed by atoms with Crippen LogP contribution in [-0.2, 0) is 12.8 Å². The molecular formula is C24H30N4. The number of aliphatic imine (C=N–C) groups is 1. The van der Waals surface area contributed by atoms with Crippen molar-refractivity contribution in [2.45, 2.75) is 57.9 Å². The van der Waals surface area contributed by atoms with Gasteiger partial charge >= 0.3 is 0 Å².